The van der Waals surface area contributed by atoms with E-state index in [1.165, 1.54) is 18.9 Å². The van der Waals surface area contributed by atoms with Crippen molar-refractivity contribution in [3.05, 3.63) is 35.1 Å². The van der Waals surface area contributed by atoms with Gasteiger partial charge in [0, 0.05) is 12.1 Å². The lowest BCUT2D eigenvalue weighted by Crippen LogP contribution is -2.37. The Morgan fingerprint density at radius 2 is 2.21 bits per heavy atom. The Morgan fingerprint density at radius 1 is 1.42 bits per heavy atom. The Hall–Kier alpha value is -1.37. The minimum Gasteiger partial charge on any atom is -0.320 e. The summed E-state index contributed by atoms with van der Waals surface area (Å²) in [7, 11) is 0. The zero-order valence-corrected chi connectivity index (χ0v) is 11.7. The van der Waals surface area contributed by atoms with Gasteiger partial charge in [-0.2, -0.15) is 0 Å². The molecule has 1 saturated heterocycles. The summed E-state index contributed by atoms with van der Waals surface area (Å²) >= 11 is 0. The number of halogens is 1. The summed E-state index contributed by atoms with van der Waals surface area (Å²) < 4.78 is 13.6. The first-order valence-electron chi connectivity index (χ1n) is 6.75. The highest BCUT2D eigenvalue weighted by atomic mass is 19.1. The number of likely N-dealkylation sites (tertiary alicyclic amines) is 1. The second-order valence-electron chi connectivity index (χ2n) is 5.66. The summed E-state index contributed by atoms with van der Waals surface area (Å²) in [6, 6.07) is 5.18. The maximum absolute atomic E-state index is 13.6. The van der Waals surface area contributed by atoms with Crippen molar-refractivity contribution in [3.63, 3.8) is 0 Å². The standard InChI is InChI=1S/C16H21FN2/c1-16(2)8-4-10-19(16)12-13-6-7-15(17)14(11-13)5-3-9-18/h6-7,11H,4,8-10,12,18H2,1-2H3. The smallest absolute Gasteiger partial charge is 0.138 e. The lowest BCUT2D eigenvalue weighted by Gasteiger charge is -2.31. The third kappa shape index (κ3) is 3.34. The van der Waals surface area contributed by atoms with Gasteiger partial charge in [0.2, 0.25) is 0 Å². The summed E-state index contributed by atoms with van der Waals surface area (Å²) in [6.07, 6.45) is 2.45. The predicted molar refractivity (Wildman–Crippen MR) is 76.1 cm³/mol. The minimum absolute atomic E-state index is 0.234. The molecule has 0 atom stereocenters. The van der Waals surface area contributed by atoms with Crippen molar-refractivity contribution in [2.45, 2.75) is 38.8 Å². The normalized spacial score (nSPS) is 18.1. The molecular weight excluding hydrogens is 239 g/mol. The molecule has 1 fully saturated rings. The van der Waals surface area contributed by atoms with Gasteiger partial charge in [-0.15, -0.1) is 0 Å². The largest absolute Gasteiger partial charge is 0.320 e. The second kappa shape index (κ2) is 5.73. The van der Waals surface area contributed by atoms with Crippen LogP contribution in [0.2, 0.25) is 0 Å². The van der Waals surface area contributed by atoms with Crippen LogP contribution in [0.1, 0.15) is 37.8 Å². The molecule has 0 amide bonds. The summed E-state index contributed by atoms with van der Waals surface area (Å²) in [6.45, 7) is 6.74. The van der Waals surface area contributed by atoms with Gasteiger partial charge in [0.1, 0.15) is 5.82 Å². The molecule has 19 heavy (non-hydrogen) atoms. The highest BCUT2D eigenvalue weighted by Crippen LogP contribution is 2.29. The minimum atomic E-state index is -0.273. The van der Waals surface area contributed by atoms with E-state index >= 15 is 0 Å². The van der Waals surface area contributed by atoms with Gasteiger partial charge in [0.05, 0.1) is 12.1 Å². The summed E-state index contributed by atoms with van der Waals surface area (Å²) in [5.74, 6) is 5.22. The van der Waals surface area contributed by atoms with Gasteiger partial charge in [-0.3, -0.25) is 4.90 Å². The SMILES string of the molecule is CC1(C)CCCN1Cc1ccc(F)c(C#CCN)c1. The summed E-state index contributed by atoms with van der Waals surface area (Å²) in [4.78, 5) is 2.44. The molecule has 0 unspecified atom stereocenters. The molecule has 1 aromatic rings. The van der Waals surface area contributed by atoms with E-state index in [2.05, 4.69) is 30.6 Å². The molecule has 0 bridgehead atoms. The van der Waals surface area contributed by atoms with Gasteiger partial charge in [0.15, 0.2) is 0 Å². The van der Waals surface area contributed by atoms with Crippen LogP contribution in [0.5, 0.6) is 0 Å². The summed E-state index contributed by atoms with van der Waals surface area (Å²) in [5, 5.41) is 0. The molecule has 2 rings (SSSR count). The van der Waals surface area contributed by atoms with Crippen LogP contribution in [0.15, 0.2) is 18.2 Å². The topological polar surface area (TPSA) is 29.3 Å². The number of hydrogen-bond donors (Lipinski definition) is 1. The van der Waals surface area contributed by atoms with Crippen LogP contribution in [-0.4, -0.2) is 23.5 Å². The number of nitrogens with zero attached hydrogens (tertiary/aromatic N) is 1. The third-order valence-electron chi connectivity index (χ3n) is 3.80. The zero-order chi connectivity index (χ0) is 13.9. The molecule has 1 heterocycles. The first-order chi connectivity index (χ1) is 9.03. The van der Waals surface area contributed by atoms with Crippen molar-refractivity contribution >= 4 is 0 Å². The molecule has 2 nitrogen and oxygen atoms in total. The predicted octanol–water partition coefficient (Wildman–Crippen LogP) is 2.51. The van der Waals surface area contributed by atoms with Crippen molar-refractivity contribution in [1.29, 1.82) is 0 Å². The zero-order valence-electron chi connectivity index (χ0n) is 11.7. The lowest BCUT2D eigenvalue weighted by atomic mass is 10.0. The average molecular weight is 260 g/mol. The molecule has 3 heteroatoms. The molecular formula is C16H21FN2. The Bertz CT molecular complexity index is 511. The first-order valence-corrected chi connectivity index (χ1v) is 6.75. The fourth-order valence-corrected chi connectivity index (χ4v) is 2.59. The lowest BCUT2D eigenvalue weighted by molar-refractivity contribution is 0.166. The Labute approximate surface area is 114 Å². The Balaban J connectivity index is 2.17. The monoisotopic (exact) mass is 260 g/mol. The fourth-order valence-electron chi connectivity index (χ4n) is 2.59. The van der Waals surface area contributed by atoms with Crippen LogP contribution in [0.4, 0.5) is 4.39 Å². The van der Waals surface area contributed by atoms with Crippen molar-refractivity contribution in [1.82, 2.24) is 4.90 Å². The van der Waals surface area contributed by atoms with Gasteiger partial charge >= 0.3 is 0 Å². The quantitative estimate of drug-likeness (QED) is 0.828. The Kier molecular flexibility index (Phi) is 4.24. The van der Waals surface area contributed by atoms with E-state index in [-0.39, 0.29) is 17.9 Å². The molecule has 0 aromatic heterocycles. The van der Waals surface area contributed by atoms with E-state index in [9.17, 15) is 4.39 Å². The van der Waals surface area contributed by atoms with Gasteiger partial charge in [-0.05, 0) is 50.9 Å². The third-order valence-corrected chi connectivity index (χ3v) is 3.80. The number of benzene rings is 1. The molecule has 1 aliphatic rings. The molecule has 102 valence electrons. The van der Waals surface area contributed by atoms with E-state index < -0.39 is 0 Å². The van der Waals surface area contributed by atoms with Crippen LogP contribution in [0, 0.1) is 17.7 Å². The van der Waals surface area contributed by atoms with Gasteiger partial charge in [-0.25, -0.2) is 4.39 Å². The number of rotatable bonds is 2. The molecule has 0 aliphatic carbocycles. The molecule has 1 aliphatic heterocycles. The number of hydrogen-bond acceptors (Lipinski definition) is 2. The fraction of sp³-hybridized carbons (Fsp3) is 0.500. The summed E-state index contributed by atoms with van der Waals surface area (Å²) in [5.41, 5.74) is 7.11. The highest BCUT2D eigenvalue weighted by molar-refractivity contribution is 5.38. The van der Waals surface area contributed by atoms with Crippen molar-refractivity contribution in [2.24, 2.45) is 5.73 Å². The van der Waals surface area contributed by atoms with Gasteiger partial charge in [-0.1, -0.05) is 17.9 Å². The van der Waals surface area contributed by atoms with Crippen LogP contribution in [-0.2, 0) is 6.54 Å². The van der Waals surface area contributed by atoms with Crippen LogP contribution < -0.4 is 5.73 Å². The van der Waals surface area contributed by atoms with Crippen LogP contribution in [0.25, 0.3) is 0 Å². The number of nitrogens with two attached hydrogens (primary N) is 1. The first kappa shape index (κ1) is 14.0. The van der Waals surface area contributed by atoms with E-state index in [0.717, 1.165) is 18.7 Å². The van der Waals surface area contributed by atoms with Gasteiger partial charge < -0.3 is 5.73 Å². The highest BCUT2D eigenvalue weighted by Gasteiger charge is 2.31. The average Bonchev–Trinajstić information content (AvgIpc) is 2.69. The van der Waals surface area contributed by atoms with Crippen LogP contribution >= 0.6 is 0 Å². The Morgan fingerprint density at radius 3 is 2.84 bits per heavy atom. The molecule has 2 N–H and O–H groups in total. The van der Waals surface area contributed by atoms with Crippen molar-refractivity contribution < 1.29 is 4.39 Å². The maximum atomic E-state index is 13.6. The van der Waals surface area contributed by atoms with E-state index in [1.807, 2.05) is 12.1 Å². The molecule has 0 spiro atoms. The van der Waals surface area contributed by atoms with E-state index in [1.54, 1.807) is 0 Å². The molecule has 0 radical (unpaired) electrons. The van der Waals surface area contributed by atoms with Crippen LogP contribution in [0.3, 0.4) is 0 Å². The van der Waals surface area contributed by atoms with E-state index in [4.69, 9.17) is 5.73 Å². The molecule has 1 aromatic carbocycles. The van der Waals surface area contributed by atoms with Crippen molar-refractivity contribution in [2.75, 3.05) is 13.1 Å². The van der Waals surface area contributed by atoms with Crippen molar-refractivity contribution in [3.8, 4) is 11.8 Å². The van der Waals surface area contributed by atoms with Gasteiger partial charge in [0.25, 0.3) is 0 Å². The molecule has 0 saturated carbocycles. The maximum Gasteiger partial charge on any atom is 0.138 e. The second-order valence-corrected chi connectivity index (χ2v) is 5.66. The van der Waals surface area contributed by atoms with E-state index in [0.29, 0.717) is 5.56 Å².